The van der Waals surface area contributed by atoms with Gasteiger partial charge in [0.05, 0.1) is 0 Å². The van der Waals surface area contributed by atoms with Crippen LogP contribution in [0, 0.1) is 13.8 Å². The normalized spacial score (nSPS) is 10.8. The molecule has 0 spiro atoms. The number of carbonyl (C=O) groups is 1. The molecule has 2 aromatic heterocycles. The topological polar surface area (TPSA) is 64.7 Å². The van der Waals surface area contributed by atoms with Crippen molar-refractivity contribution in [3.63, 3.8) is 0 Å². The second kappa shape index (κ2) is 7.34. The molecule has 1 amide bonds. The second-order valence-corrected chi connectivity index (χ2v) is 6.19. The number of aromatic nitrogens is 4. The van der Waals surface area contributed by atoms with E-state index in [1.54, 1.807) is 10.7 Å². The van der Waals surface area contributed by atoms with Crippen LogP contribution in [0.4, 0.5) is 0 Å². The molecule has 0 saturated carbocycles. The van der Waals surface area contributed by atoms with Gasteiger partial charge in [-0.15, -0.1) is 0 Å². The van der Waals surface area contributed by atoms with Gasteiger partial charge in [0.1, 0.15) is 11.5 Å². The number of carbonyl (C=O) groups excluding carboxylic acids is 1. The summed E-state index contributed by atoms with van der Waals surface area (Å²) >= 11 is 0. The van der Waals surface area contributed by atoms with Gasteiger partial charge in [-0.05, 0) is 25.5 Å². The van der Waals surface area contributed by atoms with Crippen molar-refractivity contribution in [1.82, 2.24) is 24.6 Å². The predicted octanol–water partition coefficient (Wildman–Crippen LogP) is 2.25. The van der Waals surface area contributed by atoms with Gasteiger partial charge in [0.15, 0.2) is 0 Å². The van der Waals surface area contributed by atoms with Crippen molar-refractivity contribution in [3.05, 3.63) is 71.1 Å². The van der Waals surface area contributed by atoms with Gasteiger partial charge < -0.3 is 9.88 Å². The van der Waals surface area contributed by atoms with Crippen LogP contribution in [0.2, 0.25) is 0 Å². The zero-order chi connectivity index (χ0) is 17.8. The molecule has 6 heteroatoms. The van der Waals surface area contributed by atoms with Gasteiger partial charge in [-0.1, -0.05) is 30.3 Å². The molecule has 6 nitrogen and oxygen atoms in total. The van der Waals surface area contributed by atoms with Crippen LogP contribution >= 0.6 is 0 Å². The van der Waals surface area contributed by atoms with Crippen molar-refractivity contribution in [2.45, 2.75) is 26.8 Å². The fourth-order valence-corrected chi connectivity index (χ4v) is 2.74. The maximum absolute atomic E-state index is 12.2. The number of rotatable bonds is 6. The Morgan fingerprint density at radius 2 is 1.92 bits per heavy atom. The Morgan fingerprint density at radius 3 is 2.60 bits per heavy atom. The van der Waals surface area contributed by atoms with E-state index in [4.69, 9.17) is 0 Å². The summed E-state index contributed by atoms with van der Waals surface area (Å²) in [7, 11) is 1.83. The molecule has 0 aliphatic rings. The maximum atomic E-state index is 12.2. The first-order valence-electron chi connectivity index (χ1n) is 8.38. The standard InChI is InChI=1S/C19H23N5O/c1-14-11-17(22-23(14)3)19(25)20-10-9-18-21-12-15(2)24(18)13-16-7-5-4-6-8-16/h4-8,11-12H,9-10,13H2,1-3H3,(H,20,25). The Bertz CT molecular complexity index is 844. The summed E-state index contributed by atoms with van der Waals surface area (Å²) in [6.07, 6.45) is 2.56. The SMILES string of the molecule is Cc1cc(C(=O)NCCc2ncc(C)n2Cc2ccccc2)nn1C. The zero-order valence-corrected chi connectivity index (χ0v) is 14.9. The Labute approximate surface area is 147 Å². The first kappa shape index (κ1) is 17.0. The Kier molecular flexibility index (Phi) is 4.97. The van der Waals surface area contributed by atoms with Crippen LogP contribution in [0.1, 0.15) is 33.3 Å². The van der Waals surface area contributed by atoms with Gasteiger partial charge in [-0.25, -0.2) is 4.98 Å². The quantitative estimate of drug-likeness (QED) is 0.750. The zero-order valence-electron chi connectivity index (χ0n) is 14.9. The van der Waals surface area contributed by atoms with E-state index in [9.17, 15) is 4.79 Å². The van der Waals surface area contributed by atoms with Crippen LogP contribution < -0.4 is 5.32 Å². The molecule has 0 unspecified atom stereocenters. The van der Waals surface area contributed by atoms with Gasteiger partial charge in [-0.2, -0.15) is 5.10 Å². The van der Waals surface area contributed by atoms with Crippen LogP contribution in [0.25, 0.3) is 0 Å². The molecule has 1 aromatic carbocycles. The van der Waals surface area contributed by atoms with E-state index in [0.29, 0.717) is 18.7 Å². The summed E-state index contributed by atoms with van der Waals surface area (Å²) in [5, 5.41) is 7.12. The summed E-state index contributed by atoms with van der Waals surface area (Å²) in [6, 6.07) is 12.1. The molecule has 25 heavy (non-hydrogen) atoms. The van der Waals surface area contributed by atoms with E-state index in [0.717, 1.165) is 23.8 Å². The number of nitrogens with one attached hydrogen (secondary N) is 1. The van der Waals surface area contributed by atoms with E-state index in [1.807, 2.05) is 38.4 Å². The first-order valence-corrected chi connectivity index (χ1v) is 8.38. The lowest BCUT2D eigenvalue weighted by Gasteiger charge is -2.10. The van der Waals surface area contributed by atoms with Crippen molar-refractivity contribution in [3.8, 4) is 0 Å². The number of hydrogen-bond acceptors (Lipinski definition) is 3. The van der Waals surface area contributed by atoms with E-state index in [-0.39, 0.29) is 5.91 Å². The van der Waals surface area contributed by atoms with Crippen molar-refractivity contribution in [1.29, 1.82) is 0 Å². The van der Waals surface area contributed by atoms with Crippen molar-refractivity contribution in [2.75, 3.05) is 6.54 Å². The van der Waals surface area contributed by atoms with E-state index < -0.39 is 0 Å². The van der Waals surface area contributed by atoms with Gasteiger partial charge >= 0.3 is 0 Å². The molecular weight excluding hydrogens is 314 g/mol. The Balaban J connectivity index is 1.61. The lowest BCUT2D eigenvalue weighted by Crippen LogP contribution is -2.27. The average Bonchev–Trinajstić information content (AvgIpc) is 3.12. The Hall–Kier alpha value is -2.89. The third-order valence-electron chi connectivity index (χ3n) is 4.30. The summed E-state index contributed by atoms with van der Waals surface area (Å²) < 4.78 is 3.89. The number of aryl methyl sites for hydroxylation is 3. The third-order valence-corrected chi connectivity index (χ3v) is 4.30. The van der Waals surface area contributed by atoms with Crippen LogP contribution in [0.15, 0.2) is 42.6 Å². The fraction of sp³-hybridized carbons (Fsp3) is 0.316. The highest BCUT2D eigenvalue weighted by atomic mass is 16.1. The molecular formula is C19H23N5O. The minimum Gasteiger partial charge on any atom is -0.350 e. The Morgan fingerprint density at radius 1 is 1.16 bits per heavy atom. The number of imidazole rings is 1. The van der Waals surface area contributed by atoms with Gasteiger partial charge in [0.25, 0.3) is 5.91 Å². The number of benzene rings is 1. The fourth-order valence-electron chi connectivity index (χ4n) is 2.74. The van der Waals surface area contributed by atoms with Crippen LogP contribution in [-0.4, -0.2) is 31.8 Å². The van der Waals surface area contributed by atoms with E-state index in [1.165, 1.54) is 5.56 Å². The summed E-state index contributed by atoms with van der Waals surface area (Å²) in [4.78, 5) is 16.7. The molecule has 1 N–H and O–H groups in total. The largest absolute Gasteiger partial charge is 0.350 e. The molecule has 0 aliphatic carbocycles. The number of hydrogen-bond donors (Lipinski definition) is 1. The molecule has 0 fully saturated rings. The smallest absolute Gasteiger partial charge is 0.271 e. The molecule has 0 radical (unpaired) electrons. The lowest BCUT2D eigenvalue weighted by molar-refractivity contribution is 0.0948. The molecule has 3 aromatic rings. The van der Waals surface area contributed by atoms with Gasteiger partial charge in [0, 0.05) is 44.1 Å². The highest BCUT2D eigenvalue weighted by Crippen LogP contribution is 2.10. The minimum atomic E-state index is -0.151. The van der Waals surface area contributed by atoms with E-state index >= 15 is 0 Å². The van der Waals surface area contributed by atoms with Crippen LogP contribution in [-0.2, 0) is 20.0 Å². The van der Waals surface area contributed by atoms with E-state index in [2.05, 4.69) is 39.0 Å². The second-order valence-electron chi connectivity index (χ2n) is 6.19. The minimum absolute atomic E-state index is 0.151. The molecule has 130 valence electrons. The van der Waals surface area contributed by atoms with Crippen LogP contribution in [0.3, 0.4) is 0 Å². The summed E-state index contributed by atoms with van der Waals surface area (Å²) in [5.74, 6) is 0.820. The van der Waals surface area contributed by atoms with Gasteiger partial charge in [0.2, 0.25) is 0 Å². The number of amides is 1. The number of nitrogens with zero attached hydrogens (tertiary/aromatic N) is 4. The summed E-state index contributed by atoms with van der Waals surface area (Å²) in [5.41, 5.74) is 3.76. The lowest BCUT2D eigenvalue weighted by atomic mass is 10.2. The molecule has 0 bridgehead atoms. The third kappa shape index (κ3) is 3.96. The van der Waals surface area contributed by atoms with Crippen LogP contribution in [0.5, 0.6) is 0 Å². The first-order chi connectivity index (χ1) is 12.0. The van der Waals surface area contributed by atoms with Crippen molar-refractivity contribution >= 4 is 5.91 Å². The molecule has 0 saturated heterocycles. The molecule has 0 aliphatic heterocycles. The average molecular weight is 337 g/mol. The van der Waals surface area contributed by atoms with Gasteiger partial charge in [-0.3, -0.25) is 9.48 Å². The molecule has 2 heterocycles. The predicted molar refractivity (Wildman–Crippen MR) is 96.5 cm³/mol. The molecule has 3 rings (SSSR count). The summed E-state index contributed by atoms with van der Waals surface area (Å²) in [6.45, 7) is 5.29. The van der Waals surface area contributed by atoms with Crippen molar-refractivity contribution < 1.29 is 4.79 Å². The van der Waals surface area contributed by atoms with Crippen molar-refractivity contribution in [2.24, 2.45) is 7.05 Å². The molecule has 0 atom stereocenters. The highest BCUT2D eigenvalue weighted by Gasteiger charge is 2.12. The maximum Gasteiger partial charge on any atom is 0.271 e. The highest BCUT2D eigenvalue weighted by molar-refractivity contribution is 5.92. The monoisotopic (exact) mass is 337 g/mol.